The van der Waals surface area contributed by atoms with Crippen LogP contribution in [0.1, 0.15) is 30.0 Å². The van der Waals surface area contributed by atoms with Gasteiger partial charge in [0.25, 0.3) is 5.56 Å². The number of fused-ring (bicyclic) bond motifs is 1. The Bertz CT molecular complexity index is 1800. The summed E-state index contributed by atoms with van der Waals surface area (Å²) in [5.41, 5.74) is 0.902. The van der Waals surface area contributed by atoms with Gasteiger partial charge in [0.05, 0.1) is 33.9 Å². The number of nitro benzene ring substituents is 1. The first-order chi connectivity index (χ1) is 18.8. The first-order valence-corrected chi connectivity index (χ1v) is 12.8. The molecule has 0 saturated carbocycles. The van der Waals surface area contributed by atoms with Crippen molar-refractivity contribution in [1.29, 1.82) is 0 Å². The van der Waals surface area contributed by atoms with Gasteiger partial charge in [0.15, 0.2) is 10.6 Å². The van der Waals surface area contributed by atoms with Crippen molar-refractivity contribution in [2.45, 2.75) is 19.6 Å². The third-order valence-corrected chi connectivity index (χ3v) is 7.20. The lowest BCUT2D eigenvalue weighted by Gasteiger charge is -2.24. The van der Waals surface area contributed by atoms with Crippen LogP contribution < -0.4 is 19.6 Å². The molecule has 0 saturated heterocycles. The number of methoxy groups -OCH3 is 1. The van der Waals surface area contributed by atoms with Gasteiger partial charge in [-0.05, 0) is 36.8 Å². The molecule has 198 valence electrons. The number of thiazole rings is 1. The molecule has 2 aromatic heterocycles. The van der Waals surface area contributed by atoms with Crippen molar-refractivity contribution in [1.82, 2.24) is 4.57 Å². The molecule has 0 aliphatic carbocycles. The average Bonchev–Trinajstić information content (AvgIpc) is 3.50. The molecule has 0 radical (unpaired) electrons. The molecule has 0 fully saturated rings. The van der Waals surface area contributed by atoms with Crippen LogP contribution in [0.4, 0.5) is 5.69 Å². The maximum absolute atomic E-state index is 13.6. The minimum atomic E-state index is -0.701. The SMILES string of the molecule is COC(=O)C1=C(C)N=c2s/c(=C/c3ccc(COc4ccc(Cl)cc4[N+](=O)[O-])o3)c(=O)n2C1c1ccccc1. The van der Waals surface area contributed by atoms with Gasteiger partial charge in [-0.3, -0.25) is 19.5 Å². The first-order valence-electron chi connectivity index (χ1n) is 11.6. The third-order valence-electron chi connectivity index (χ3n) is 5.99. The number of carbonyl (C=O) groups is 1. The number of allylic oxidation sites excluding steroid dienone is 1. The molecule has 4 aromatic rings. The van der Waals surface area contributed by atoms with Crippen LogP contribution in [0.15, 0.2) is 86.1 Å². The lowest BCUT2D eigenvalue weighted by Crippen LogP contribution is -2.39. The van der Waals surface area contributed by atoms with Gasteiger partial charge >= 0.3 is 11.7 Å². The van der Waals surface area contributed by atoms with Gasteiger partial charge in [-0.1, -0.05) is 53.3 Å². The number of rotatable bonds is 7. The molecule has 1 unspecified atom stereocenters. The van der Waals surface area contributed by atoms with Crippen molar-refractivity contribution in [2.75, 3.05) is 7.11 Å². The highest BCUT2D eigenvalue weighted by molar-refractivity contribution is 7.07. The molecule has 1 atom stereocenters. The quantitative estimate of drug-likeness (QED) is 0.187. The zero-order valence-electron chi connectivity index (χ0n) is 20.6. The fourth-order valence-corrected chi connectivity index (χ4v) is 5.42. The number of esters is 1. The van der Waals surface area contributed by atoms with E-state index in [1.165, 1.54) is 41.2 Å². The topological polar surface area (TPSA) is 126 Å². The van der Waals surface area contributed by atoms with Crippen molar-refractivity contribution in [2.24, 2.45) is 4.99 Å². The van der Waals surface area contributed by atoms with E-state index in [2.05, 4.69) is 4.99 Å². The van der Waals surface area contributed by atoms with Crippen LogP contribution in [-0.4, -0.2) is 22.6 Å². The molecule has 0 spiro atoms. The lowest BCUT2D eigenvalue weighted by molar-refractivity contribution is -0.385. The van der Waals surface area contributed by atoms with Gasteiger partial charge in [0, 0.05) is 17.2 Å². The van der Waals surface area contributed by atoms with Crippen LogP contribution in [0.5, 0.6) is 5.75 Å². The molecule has 39 heavy (non-hydrogen) atoms. The molecule has 1 aliphatic rings. The number of benzene rings is 2. The van der Waals surface area contributed by atoms with Gasteiger partial charge in [0.1, 0.15) is 18.1 Å². The fraction of sp³-hybridized carbons (Fsp3) is 0.148. The number of hydrogen-bond acceptors (Lipinski definition) is 9. The monoisotopic (exact) mass is 565 g/mol. The molecule has 0 bridgehead atoms. The second kappa shape index (κ2) is 10.7. The Morgan fingerprint density at radius 3 is 2.72 bits per heavy atom. The van der Waals surface area contributed by atoms with Gasteiger partial charge in [0.2, 0.25) is 0 Å². The molecule has 2 aromatic carbocycles. The summed E-state index contributed by atoms with van der Waals surface area (Å²) in [6.45, 7) is 1.64. The number of ether oxygens (including phenoxy) is 2. The summed E-state index contributed by atoms with van der Waals surface area (Å²) < 4.78 is 18.2. The number of hydrogen-bond donors (Lipinski definition) is 0. The van der Waals surface area contributed by atoms with Gasteiger partial charge < -0.3 is 13.9 Å². The zero-order chi connectivity index (χ0) is 27.7. The van der Waals surface area contributed by atoms with Crippen LogP contribution in [0.25, 0.3) is 6.08 Å². The smallest absolute Gasteiger partial charge is 0.338 e. The Balaban J connectivity index is 1.48. The van der Waals surface area contributed by atoms with Crippen molar-refractivity contribution >= 4 is 40.7 Å². The van der Waals surface area contributed by atoms with Crippen molar-refractivity contribution in [3.63, 3.8) is 0 Å². The van der Waals surface area contributed by atoms with Crippen LogP contribution >= 0.6 is 22.9 Å². The minimum absolute atomic E-state index is 0.0494. The summed E-state index contributed by atoms with van der Waals surface area (Å²) in [7, 11) is 1.29. The number of carbonyl (C=O) groups excluding carboxylic acids is 1. The Morgan fingerprint density at radius 1 is 1.23 bits per heavy atom. The number of halogens is 1. The average molecular weight is 566 g/mol. The van der Waals surface area contributed by atoms with E-state index in [0.717, 1.165) is 5.56 Å². The Morgan fingerprint density at radius 2 is 2.00 bits per heavy atom. The summed E-state index contributed by atoms with van der Waals surface area (Å²) >= 11 is 7.02. The summed E-state index contributed by atoms with van der Waals surface area (Å²) in [6, 6.07) is 15.9. The van der Waals surface area contributed by atoms with E-state index in [9.17, 15) is 19.7 Å². The fourth-order valence-electron chi connectivity index (χ4n) is 4.23. The molecule has 0 amide bonds. The summed E-state index contributed by atoms with van der Waals surface area (Å²) in [6.07, 6.45) is 1.58. The standard InChI is InChI=1S/C27H20ClN3O7S/c1-15-23(26(33)36-2)24(16-6-4-3-5-7-16)30-25(32)22(39-27(30)29-15)13-18-9-10-19(38-18)14-37-21-11-8-17(28)12-20(21)31(34)35/h3-13,24H,14H2,1-2H3/b22-13+. The number of aromatic nitrogens is 1. The second-order valence-electron chi connectivity index (χ2n) is 8.45. The van der Waals surface area contributed by atoms with E-state index in [4.69, 9.17) is 25.5 Å². The van der Waals surface area contributed by atoms with E-state index >= 15 is 0 Å². The molecular formula is C27H20ClN3O7S. The largest absolute Gasteiger partial charge is 0.479 e. The van der Waals surface area contributed by atoms with Crippen LogP contribution in [-0.2, 0) is 16.1 Å². The van der Waals surface area contributed by atoms with Crippen LogP contribution in [0.3, 0.4) is 0 Å². The summed E-state index contributed by atoms with van der Waals surface area (Å²) in [5.74, 6) is 0.262. The van der Waals surface area contributed by atoms with Gasteiger partial charge in [-0.15, -0.1) is 0 Å². The zero-order valence-corrected chi connectivity index (χ0v) is 22.2. The van der Waals surface area contributed by atoms with Crippen molar-refractivity contribution in [3.05, 3.63) is 124 Å². The predicted octanol–water partition coefficient (Wildman–Crippen LogP) is 4.14. The maximum atomic E-state index is 13.6. The number of nitrogens with zero attached hydrogens (tertiary/aromatic N) is 3. The molecule has 10 nitrogen and oxygen atoms in total. The summed E-state index contributed by atoms with van der Waals surface area (Å²) in [4.78, 5) is 41.9. The third kappa shape index (κ3) is 5.14. The summed E-state index contributed by atoms with van der Waals surface area (Å²) in [5, 5.41) is 11.5. The Labute approximate surface area is 229 Å². The molecule has 5 rings (SSSR count). The molecule has 0 N–H and O–H groups in total. The second-order valence-corrected chi connectivity index (χ2v) is 9.89. The van der Waals surface area contributed by atoms with E-state index in [1.54, 1.807) is 25.1 Å². The van der Waals surface area contributed by atoms with Crippen molar-refractivity contribution in [3.8, 4) is 5.75 Å². The van der Waals surface area contributed by atoms with E-state index < -0.39 is 16.9 Å². The predicted molar refractivity (Wildman–Crippen MR) is 143 cm³/mol. The maximum Gasteiger partial charge on any atom is 0.338 e. The Kier molecular flexibility index (Phi) is 7.18. The number of furan rings is 1. The van der Waals surface area contributed by atoms with Gasteiger partial charge in [-0.2, -0.15) is 0 Å². The van der Waals surface area contributed by atoms with E-state index in [-0.39, 0.29) is 34.2 Å². The normalized spacial score (nSPS) is 15.1. The highest BCUT2D eigenvalue weighted by Crippen LogP contribution is 2.31. The molecule has 3 heterocycles. The van der Waals surface area contributed by atoms with E-state index in [0.29, 0.717) is 26.6 Å². The van der Waals surface area contributed by atoms with E-state index in [1.807, 2.05) is 30.3 Å². The first kappa shape index (κ1) is 26.1. The number of nitro groups is 1. The molecule has 12 heteroatoms. The van der Waals surface area contributed by atoms with Crippen LogP contribution in [0, 0.1) is 10.1 Å². The van der Waals surface area contributed by atoms with Gasteiger partial charge in [-0.25, -0.2) is 9.79 Å². The van der Waals surface area contributed by atoms with Crippen molar-refractivity contribution < 1.29 is 23.6 Å². The lowest BCUT2D eigenvalue weighted by atomic mass is 9.96. The molecule has 1 aliphatic heterocycles. The highest BCUT2D eigenvalue weighted by Gasteiger charge is 2.33. The Hall–Kier alpha value is -4.48. The van der Waals surface area contributed by atoms with Crippen LogP contribution in [0.2, 0.25) is 5.02 Å². The highest BCUT2D eigenvalue weighted by atomic mass is 35.5. The minimum Gasteiger partial charge on any atom is -0.479 e. The molecular weight excluding hydrogens is 546 g/mol.